The van der Waals surface area contributed by atoms with Gasteiger partial charge in [-0.25, -0.2) is 9.59 Å². The predicted octanol–water partition coefficient (Wildman–Crippen LogP) is 3.98. The fourth-order valence-electron chi connectivity index (χ4n) is 1.80. The van der Waals surface area contributed by atoms with Crippen molar-refractivity contribution >= 4 is 28.4 Å². The monoisotopic (exact) mass is 319 g/mol. The summed E-state index contributed by atoms with van der Waals surface area (Å²) in [6.07, 6.45) is -0.555. The second kappa shape index (κ2) is 7.61. The van der Waals surface area contributed by atoms with Crippen LogP contribution in [0.3, 0.4) is 0 Å². The minimum absolute atomic E-state index is 0.196. The van der Waals surface area contributed by atoms with Crippen molar-refractivity contribution in [3.05, 3.63) is 52.4 Å². The number of aryl methyl sites for hydroxylation is 1. The van der Waals surface area contributed by atoms with E-state index in [1.807, 2.05) is 30.3 Å². The quantitative estimate of drug-likeness (QED) is 0.847. The molecule has 0 saturated heterocycles. The normalized spacial score (nSPS) is 10.1. The Morgan fingerprint density at radius 2 is 1.91 bits per heavy atom. The summed E-state index contributed by atoms with van der Waals surface area (Å²) < 4.78 is 10.1. The van der Waals surface area contributed by atoms with E-state index in [9.17, 15) is 9.59 Å². The molecule has 0 atom stereocenters. The van der Waals surface area contributed by atoms with Gasteiger partial charge in [0.25, 0.3) is 0 Å². The van der Waals surface area contributed by atoms with Crippen molar-refractivity contribution in [3.63, 3.8) is 0 Å². The number of anilines is 1. The van der Waals surface area contributed by atoms with Crippen LogP contribution in [0, 0.1) is 6.92 Å². The summed E-state index contributed by atoms with van der Waals surface area (Å²) >= 11 is 1.17. The van der Waals surface area contributed by atoms with Crippen molar-refractivity contribution in [2.45, 2.75) is 20.5 Å². The number of hydrogen-bond donors (Lipinski definition) is 1. The van der Waals surface area contributed by atoms with Crippen LogP contribution in [-0.4, -0.2) is 18.7 Å². The number of nitrogens with one attached hydrogen (secondary N) is 1. The van der Waals surface area contributed by atoms with Crippen molar-refractivity contribution < 1.29 is 19.1 Å². The molecular weight excluding hydrogens is 302 g/mol. The van der Waals surface area contributed by atoms with E-state index in [0.29, 0.717) is 16.5 Å². The molecule has 2 rings (SSSR count). The Hall–Kier alpha value is -2.34. The maximum absolute atomic E-state index is 11.8. The van der Waals surface area contributed by atoms with Crippen LogP contribution >= 0.6 is 11.3 Å². The molecule has 0 unspecified atom stereocenters. The van der Waals surface area contributed by atoms with Gasteiger partial charge in [0.15, 0.2) is 0 Å². The molecule has 1 aromatic heterocycles. The van der Waals surface area contributed by atoms with Gasteiger partial charge in [0, 0.05) is 0 Å². The summed E-state index contributed by atoms with van der Waals surface area (Å²) in [7, 11) is 0. The Labute approximate surface area is 132 Å². The van der Waals surface area contributed by atoms with Gasteiger partial charge in [0.1, 0.15) is 11.5 Å². The van der Waals surface area contributed by atoms with Crippen LogP contribution in [-0.2, 0) is 16.1 Å². The lowest BCUT2D eigenvalue weighted by molar-refractivity contribution is 0.0531. The van der Waals surface area contributed by atoms with Gasteiger partial charge in [-0.05, 0) is 31.0 Å². The Kier molecular flexibility index (Phi) is 5.55. The zero-order chi connectivity index (χ0) is 15.9. The van der Waals surface area contributed by atoms with Crippen molar-refractivity contribution in [2.24, 2.45) is 0 Å². The van der Waals surface area contributed by atoms with Gasteiger partial charge in [0.2, 0.25) is 0 Å². The number of rotatable bonds is 5. The van der Waals surface area contributed by atoms with Crippen LogP contribution in [0.15, 0.2) is 36.4 Å². The van der Waals surface area contributed by atoms with E-state index in [1.54, 1.807) is 19.9 Å². The summed E-state index contributed by atoms with van der Waals surface area (Å²) in [6, 6.07) is 11.1. The number of amides is 1. The Bertz CT molecular complexity index is 651. The molecule has 22 heavy (non-hydrogen) atoms. The van der Waals surface area contributed by atoms with Crippen molar-refractivity contribution in [1.82, 2.24) is 0 Å². The van der Waals surface area contributed by atoms with Crippen LogP contribution < -0.4 is 5.32 Å². The summed E-state index contributed by atoms with van der Waals surface area (Å²) in [6.45, 7) is 4.06. The first-order chi connectivity index (χ1) is 10.6. The Balaban J connectivity index is 1.92. The lowest BCUT2D eigenvalue weighted by Crippen LogP contribution is -2.12. The van der Waals surface area contributed by atoms with E-state index in [0.717, 1.165) is 11.1 Å². The third kappa shape index (κ3) is 4.33. The summed E-state index contributed by atoms with van der Waals surface area (Å²) in [5.41, 5.74) is 1.68. The molecule has 2 aromatic rings. The summed E-state index contributed by atoms with van der Waals surface area (Å²) in [5.74, 6) is -0.379. The third-order valence-corrected chi connectivity index (χ3v) is 3.95. The molecular formula is C16H17NO4S. The van der Waals surface area contributed by atoms with Crippen molar-refractivity contribution in [1.29, 1.82) is 0 Å². The first-order valence-corrected chi connectivity index (χ1v) is 7.67. The zero-order valence-corrected chi connectivity index (χ0v) is 13.2. The smallest absolute Gasteiger partial charge is 0.412 e. The second-order valence-corrected chi connectivity index (χ2v) is 5.58. The van der Waals surface area contributed by atoms with E-state index in [4.69, 9.17) is 9.47 Å². The number of thiophene rings is 1. The Morgan fingerprint density at radius 3 is 2.59 bits per heavy atom. The highest BCUT2D eigenvalue weighted by molar-refractivity contribution is 7.18. The van der Waals surface area contributed by atoms with Gasteiger partial charge in [0.05, 0.1) is 11.6 Å². The van der Waals surface area contributed by atoms with Gasteiger partial charge in [-0.3, -0.25) is 5.32 Å². The summed E-state index contributed by atoms with van der Waals surface area (Å²) in [5, 5.41) is 3.17. The highest BCUT2D eigenvalue weighted by Crippen LogP contribution is 2.27. The number of ether oxygens (including phenoxy) is 2. The molecule has 116 valence electrons. The number of esters is 1. The van der Waals surface area contributed by atoms with Crippen molar-refractivity contribution in [2.75, 3.05) is 11.9 Å². The first-order valence-electron chi connectivity index (χ1n) is 6.85. The van der Waals surface area contributed by atoms with Crippen LogP contribution in [0.25, 0.3) is 0 Å². The van der Waals surface area contributed by atoms with E-state index >= 15 is 0 Å². The maximum Gasteiger partial charge on any atom is 0.412 e. The molecule has 5 nitrogen and oxygen atoms in total. The first kappa shape index (κ1) is 16.0. The van der Waals surface area contributed by atoms with E-state index in [-0.39, 0.29) is 12.6 Å². The standard InChI is InChI=1S/C16H17NO4S/c1-3-20-15(18)14-11(2)9-13(22-14)17-16(19)21-10-12-7-5-4-6-8-12/h4-9H,3,10H2,1-2H3,(H,17,19). The predicted molar refractivity (Wildman–Crippen MR) is 85.3 cm³/mol. The van der Waals surface area contributed by atoms with E-state index in [1.165, 1.54) is 11.3 Å². The minimum atomic E-state index is -0.555. The molecule has 1 amide bonds. The molecule has 0 aliphatic carbocycles. The molecule has 1 aromatic carbocycles. The average Bonchev–Trinajstić information content (AvgIpc) is 2.87. The molecule has 0 aliphatic heterocycles. The van der Waals surface area contributed by atoms with Gasteiger partial charge in [-0.15, -0.1) is 11.3 Å². The highest BCUT2D eigenvalue weighted by atomic mass is 32.1. The molecule has 6 heteroatoms. The minimum Gasteiger partial charge on any atom is -0.462 e. The Morgan fingerprint density at radius 1 is 1.18 bits per heavy atom. The van der Waals surface area contributed by atoms with Crippen molar-refractivity contribution in [3.8, 4) is 0 Å². The average molecular weight is 319 g/mol. The lowest BCUT2D eigenvalue weighted by Gasteiger charge is -2.05. The number of carbonyl (C=O) groups is 2. The molecule has 0 fully saturated rings. The topological polar surface area (TPSA) is 64.6 Å². The highest BCUT2D eigenvalue weighted by Gasteiger charge is 2.16. The fraction of sp³-hybridized carbons (Fsp3) is 0.250. The summed E-state index contributed by atoms with van der Waals surface area (Å²) in [4.78, 5) is 24.0. The maximum atomic E-state index is 11.8. The molecule has 0 bridgehead atoms. The molecule has 0 radical (unpaired) electrons. The fourth-order valence-corrected chi connectivity index (χ4v) is 2.75. The molecule has 0 aliphatic rings. The number of hydrogen-bond acceptors (Lipinski definition) is 5. The van der Waals surface area contributed by atoms with Gasteiger partial charge in [-0.1, -0.05) is 30.3 Å². The largest absolute Gasteiger partial charge is 0.462 e. The molecule has 1 heterocycles. The van der Waals surface area contributed by atoms with Crippen LogP contribution in [0.2, 0.25) is 0 Å². The van der Waals surface area contributed by atoms with Gasteiger partial charge >= 0.3 is 12.1 Å². The number of benzene rings is 1. The van der Waals surface area contributed by atoms with Gasteiger partial charge in [-0.2, -0.15) is 0 Å². The van der Waals surface area contributed by atoms with Crippen LogP contribution in [0.1, 0.15) is 27.7 Å². The SMILES string of the molecule is CCOC(=O)c1sc(NC(=O)OCc2ccccc2)cc1C. The molecule has 1 N–H and O–H groups in total. The van der Waals surface area contributed by atoms with E-state index < -0.39 is 6.09 Å². The van der Waals surface area contributed by atoms with Crippen LogP contribution in [0.5, 0.6) is 0 Å². The molecule has 0 saturated carbocycles. The van der Waals surface area contributed by atoms with Gasteiger partial charge < -0.3 is 9.47 Å². The zero-order valence-electron chi connectivity index (χ0n) is 12.4. The molecule has 0 spiro atoms. The lowest BCUT2D eigenvalue weighted by atomic mass is 10.2. The second-order valence-electron chi connectivity index (χ2n) is 4.53. The van der Waals surface area contributed by atoms with Crippen LogP contribution in [0.4, 0.5) is 9.80 Å². The van der Waals surface area contributed by atoms with E-state index in [2.05, 4.69) is 5.32 Å². The number of carbonyl (C=O) groups excluding carboxylic acids is 2. The third-order valence-electron chi connectivity index (χ3n) is 2.82.